The maximum Gasteiger partial charge on any atom is 0.411 e. The molecule has 2 heterocycles. The molecular formula is C30H34N4O7S2. The highest BCUT2D eigenvalue weighted by molar-refractivity contribution is 8.76. The largest absolute Gasteiger partial charge is 0.481 e. The normalized spacial score (nSPS) is 16.0. The molecule has 4 rings (SSSR count). The van der Waals surface area contributed by atoms with Gasteiger partial charge in [-0.2, -0.15) is 0 Å². The number of carbonyl (C=O) groups is 5. The molecule has 0 bridgehead atoms. The number of hydrogen-bond donors (Lipinski definition) is 3. The minimum absolute atomic E-state index is 0.115. The predicted octanol–water partition coefficient (Wildman–Crippen LogP) is 4.26. The number of benzene rings is 2. The van der Waals surface area contributed by atoms with Crippen molar-refractivity contribution in [3.63, 3.8) is 0 Å². The highest BCUT2D eigenvalue weighted by atomic mass is 33.1. The van der Waals surface area contributed by atoms with Gasteiger partial charge >= 0.3 is 12.1 Å². The second-order valence-corrected chi connectivity index (χ2v) is 12.7. The number of carboxylic acids is 1. The summed E-state index contributed by atoms with van der Waals surface area (Å²) in [5.41, 5.74) is 3.12. The van der Waals surface area contributed by atoms with Crippen LogP contribution in [-0.4, -0.2) is 75.4 Å². The fourth-order valence-corrected chi connectivity index (χ4v) is 6.63. The van der Waals surface area contributed by atoms with Crippen molar-refractivity contribution in [1.29, 1.82) is 0 Å². The topological polar surface area (TPSA) is 145 Å². The summed E-state index contributed by atoms with van der Waals surface area (Å²) < 4.78 is 5.30. The van der Waals surface area contributed by atoms with Crippen LogP contribution in [0.1, 0.15) is 47.2 Å². The van der Waals surface area contributed by atoms with Gasteiger partial charge in [0.25, 0.3) is 5.91 Å². The van der Waals surface area contributed by atoms with E-state index in [0.29, 0.717) is 53.4 Å². The van der Waals surface area contributed by atoms with Crippen molar-refractivity contribution in [3.8, 4) is 0 Å². The Morgan fingerprint density at radius 3 is 2.58 bits per heavy atom. The summed E-state index contributed by atoms with van der Waals surface area (Å²) in [5, 5.41) is 14.5. The molecule has 0 saturated carbocycles. The van der Waals surface area contributed by atoms with E-state index in [2.05, 4.69) is 17.2 Å². The quantitative estimate of drug-likeness (QED) is 0.207. The Labute approximate surface area is 257 Å². The van der Waals surface area contributed by atoms with Crippen LogP contribution in [0.25, 0.3) is 0 Å². The summed E-state index contributed by atoms with van der Waals surface area (Å²) >= 11 is 0. The van der Waals surface area contributed by atoms with Gasteiger partial charge in [-0.15, -0.1) is 0 Å². The second kappa shape index (κ2) is 15.5. The number of nitrogens with zero attached hydrogens (tertiary/aromatic N) is 2. The number of ether oxygens (including phenoxy) is 1. The lowest BCUT2D eigenvalue weighted by molar-refractivity contribution is -0.138. The van der Waals surface area contributed by atoms with Gasteiger partial charge in [0.1, 0.15) is 12.6 Å². The number of anilines is 1. The van der Waals surface area contributed by atoms with Crippen LogP contribution in [0.2, 0.25) is 0 Å². The Hall–Kier alpha value is -3.97. The van der Waals surface area contributed by atoms with E-state index in [1.807, 2.05) is 30.3 Å². The van der Waals surface area contributed by atoms with Gasteiger partial charge in [0, 0.05) is 60.1 Å². The minimum Gasteiger partial charge on any atom is -0.481 e. The van der Waals surface area contributed by atoms with Gasteiger partial charge in [-0.1, -0.05) is 64.6 Å². The number of allylic oxidation sites excluding steroid dienone is 1. The summed E-state index contributed by atoms with van der Waals surface area (Å²) in [5.74, 6) is -0.545. The Balaban J connectivity index is 1.16. The number of fused-ring (bicyclic) bond motifs is 1. The fraction of sp³-hybridized carbons (Fsp3) is 0.367. The molecule has 0 aromatic heterocycles. The van der Waals surface area contributed by atoms with Crippen molar-refractivity contribution >= 4 is 57.1 Å². The first-order valence-corrected chi connectivity index (χ1v) is 16.3. The Kier molecular flexibility index (Phi) is 11.5. The smallest absolute Gasteiger partial charge is 0.411 e. The number of piperidine rings is 1. The zero-order valence-electron chi connectivity index (χ0n) is 23.6. The van der Waals surface area contributed by atoms with E-state index in [1.54, 1.807) is 23.1 Å². The number of carbonyl (C=O) groups excluding carboxylic acids is 4. The van der Waals surface area contributed by atoms with E-state index in [9.17, 15) is 24.0 Å². The van der Waals surface area contributed by atoms with Gasteiger partial charge in [-0.3, -0.25) is 24.5 Å². The molecule has 1 saturated heterocycles. The van der Waals surface area contributed by atoms with Crippen LogP contribution in [0.15, 0.2) is 60.8 Å². The molecule has 2 aromatic rings. The SMILES string of the molecule is C=C1CCC(N2Cc3c(NC(=O)OCCSSCCC(=O)N(CCC(=O)O)Cc4ccccc4)cccc3C2=O)C(=O)N1. The van der Waals surface area contributed by atoms with Crippen molar-refractivity contribution in [2.45, 2.75) is 44.8 Å². The number of amides is 4. The predicted molar refractivity (Wildman–Crippen MR) is 165 cm³/mol. The van der Waals surface area contributed by atoms with E-state index in [4.69, 9.17) is 9.84 Å². The van der Waals surface area contributed by atoms with Gasteiger partial charge in [0.2, 0.25) is 11.8 Å². The number of rotatable bonds is 14. The Morgan fingerprint density at radius 1 is 1.07 bits per heavy atom. The molecule has 0 aliphatic carbocycles. The van der Waals surface area contributed by atoms with Crippen LogP contribution in [0.5, 0.6) is 0 Å². The van der Waals surface area contributed by atoms with E-state index in [0.717, 1.165) is 5.56 Å². The Morgan fingerprint density at radius 2 is 1.84 bits per heavy atom. The van der Waals surface area contributed by atoms with E-state index >= 15 is 0 Å². The highest BCUT2D eigenvalue weighted by Crippen LogP contribution is 2.33. The van der Waals surface area contributed by atoms with Gasteiger partial charge in [-0.25, -0.2) is 4.79 Å². The number of hydrogen-bond acceptors (Lipinski definition) is 8. The van der Waals surface area contributed by atoms with Gasteiger partial charge < -0.3 is 25.0 Å². The molecule has 0 radical (unpaired) electrons. The number of nitrogens with one attached hydrogen (secondary N) is 2. The molecular weight excluding hydrogens is 592 g/mol. The zero-order chi connectivity index (χ0) is 30.8. The second-order valence-electron chi connectivity index (χ2n) is 10.0. The lowest BCUT2D eigenvalue weighted by Crippen LogP contribution is -2.49. The lowest BCUT2D eigenvalue weighted by atomic mass is 10.0. The molecule has 2 aliphatic rings. The monoisotopic (exact) mass is 626 g/mol. The summed E-state index contributed by atoms with van der Waals surface area (Å²) in [6.45, 7) is 4.63. The highest BCUT2D eigenvalue weighted by Gasteiger charge is 2.39. The average molecular weight is 627 g/mol. The maximum atomic E-state index is 13.0. The third-order valence-electron chi connectivity index (χ3n) is 6.98. The molecule has 1 unspecified atom stereocenters. The maximum absolute atomic E-state index is 13.0. The van der Waals surface area contributed by atoms with E-state index in [1.165, 1.54) is 26.5 Å². The molecule has 13 heteroatoms. The summed E-state index contributed by atoms with van der Waals surface area (Å²) in [6.07, 6.45) is 0.587. The van der Waals surface area contributed by atoms with Crippen molar-refractivity contribution in [2.75, 3.05) is 30.0 Å². The van der Waals surface area contributed by atoms with Crippen LogP contribution >= 0.6 is 21.6 Å². The average Bonchev–Trinajstić information content (AvgIpc) is 3.32. The van der Waals surface area contributed by atoms with E-state index < -0.39 is 18.1 Å². The molecule has 11 nitrogen and oxygen atoms in total. The molecule has 4 amide bonds. The molecule has 0 spiro atoms. The van der Waals surface area contributed by atoms with Crippen molar-refractivity contribution in [3.05, 3.63) is 77.5 Å². The van der Waals surface area contributed by atoms with Crippen molar-refractivity contribution in [2.24, 2.45) is 0 Å². The van der Waals surface area contributed by atoms with Gasteiger partial charge in [-0.05, 0) is 30.5 Å². The van der Waals surface area contributed by atoms with Gasteiger partial charge in [0.05, 0.1) is 6.42 Å². The van der Waals surface area contributed by atoms with Crippen molar-refractivity contribution in [1.82, 2.24) is 15.1 Å². The summed E-state index contributed by atoms with van der Waals surface area (Å²) in [4.78, 5) is 64.8. The third kappa shape index (κ3) is 9.01. The molecule has 228 valence electrons. The molecule has 2 aromatic carbocycles. The molecule has 3 N–H and O–H groups in total. The van der Waals surface area contributed by atoms with Crippen LogP contribution < -0.4 is 10.6 Å². The first-order valence-electron chi connectivity index (χ1n) is 13.9. The summed E-state index contributed by atoms with van der Waals surface area (Å²) in [6, 6.07) is 13.9. The van der Waals surface area contributed by atoms with Crippen molar-refractivity contribution < 1.29 is 33.8 Å². The fourth-order valence-electron chi connectivity index (χ4n) is 4.83. The third-order valence-corrected chi connectivity index (χ3v) is 9.35. The lowest BCUT2D eigenvalue weighted by Gasteiger charge is -2.31. The molecule has 43 heavy (non-hydrogen) atoms. The number of aliphatic carboxylic acids is 1. The van der Waals surface area contributed by atoms with E-state index in [-0.39, 0.29) is 50.3 Å². The first kappa shape index (κ1) is 32.0. The van der Waals surface area contributed by atoms with Crippen LogP contribution in [-0.2, 0) is 32.2 Å². The van der Waals surface area contributed by atoms with Crippen LogP contribution in [0.3, 0.4) is 0 Å². The molecule has 2 aliphatic heterocycles. The Bertz CT molecular complexity index is 1370. The molecule has 1 fully saturated rings. The minimum atomic E-state index is -0.952. The first-order chi connectivity index (χ1) is 20.7. The van der Waals surface area contributed by atoms with Gasteiger partial charge in [0.15, 0.2) is 0 Å². The summed E-state index contributed by atoms with van der Waals surface area (Å²) in [7, 11) is 2.94. The van der Waals surface area contributed by atoms with Crippen LogP contribution in [0.4, 0.5) is 10.5 Å². The number of carboxylic acid groups (broad SMARTS) is 1. The standard InChI is InChI=1S/C30H34N4O7S2/c1-20-10-11-25(28(38)31-20)34-19-23-22(29(34)39)8-5-9-24(23)32-30(40)41-15-17-43-42-16-13-26(35)33(14-12-27(36)37)18-21-6-3-2-4-7-21/h2-9,25H,1,10-19H2,(H,31,38)(H,32,40)(H,36,37). The molecule has 1 atom stereocenters. The zero-order valence-corrected chi connectivity index (χ0v) is 25.2. The van der Waals surface area contributed by atoms with Crippen LogP contribution in [0, 0.1) is 0 Å².